The van der Waals surface area contributed by atoms with Crippen molar-refractivity contribution in [2.75, 3.05) is 10.6 Å². The van der Waals surface area contributed by atoms with Crippen LogP contribution in [0.5, 0.6) is 0 Å². The van der Waals surface area contributed by atoms with E-state index in [1.165, 1.54) is 12.2 Å². The fourth-order valence-corrected chi connectivity index (χ4v) is 3.61. The number of nitrogens with one attached hydrogen (secondary N) is 3. The Labute approximate surface area is 210 Å². The van der Waals surface area contributed by atoms with Crippen LogP contribution < -0.4 is 16.0 Å². The monoisotopic (exact) mass is 521 g/mol. The van der Waals surface area contributed by atoms with Crippen molar-refractivity contribution in [3.05, 3.63) is 75.4 Å². The average molecular weight is 523 g/mol. The highest BCUT2D eigenvalue weighted by Crippen LogP contribution is 2.29. The van der Waals surface area contributed by atoms with Crippen molar-refractivity contribution in [3.8, 4) is 11.3 Å². The number of amides is 2. The minimum Gasteiger partial charge on any atom is -0.457 e. The molecule has 0 saturated carbocycles. The van der Waals surface area contributed by atoms with Crippen molar-refractivity contribution < 1.29 is 14.0 Å². The molecule has 0 aliphatic heterocycles. The van der Waals surface area contributed by atoms with Crippen LogP contribution in [0.25, 0.3) is 17.4 Å². The maximum absolute atomic E-state index is 12.2. The third-order valence-corrected chi connectivity index (χ3v) is 5.20. The van der Waals surface area contributed by atoms with Crippen LogP contribution in [0.3, 0.4) is 0 Å². The Kier molecular flexibility index (Phi) is 8.52. The van der Waals surface area contributed by atoms with Gasteiger partial charge in [-0.05, 0) is 66.8 Å². The van der Waals surface area contributed by atoms with Gasteiger partial charge in [-0.1, -0.05) is 41.7 Å². The number of halogens is 3. The maximum Gasteiger partial charge on any atom is 0.250 e. The lowest BCUT2D eigenvalue weighted by Crippen LogP contribution is -2.32. The highest BCUT2D eigenvalue weighted by atomic mass is 35.5. The molecular weight excluding hydrogens is 505 g/mol. The Balaban J connectivity index is 1.60. The Morgan fingerprint density at radius 1 is 1.00 bits per heavy atom. The molecule has 1 aromatic heterocycles. The second-order valence-electron chi connectivity index (χ2n) is 6.73. The fraction of sp³-hybridized carbons (Fsp3) is 0.0870. The van der Waals surface area contributed by atoms with Gasteiger partial charge in [0, 0.05) is 33.8 Å². The first-order chi connectivity index (χ1) is 15.7. The van der Waals surface area contributed by atoms with E-state index in [1.54, 1.807) is 55.5 Å². The molecular formula is C23H18Cl3N3O3S. The van der Waals surface area contributed by atoms with Gasteiger partial charge >= 0.3 is 0 Å². The number of anilines is 2. The zero-order valence-corrected chi connectivity index (χ0v) is 20.3. The molecule has 3 aromatic rings. The van der Waals surface area contributed by atoms with Gasteiger partial charge in [0.15, 0.2) is 5.11 Å². The lowest BCUT2D eigenvalue weighted by molar-refractivity contribution is -0.116. The summed E-state index contributed by atoms with van der Waals surface area (Å²) in [5.74, 6) is 0.408. The molecule has 0 aliphatic carbocycles. The molecule has 170 valence electrons. The van der Waals surface area contributed by atoms with Crippen molar-refractivity contribution in [1.29, 1.82) is 0 Å². The molecule has 0 aliphatic rings. The molecule has 0 atom stereocenters. The largest absolute Gasteiger partial charge is 0.457 e. The summed E-state index contributed by atoms with van der Waals surface area (Å²) < 4.78 is 5.72. The van der Waals surface area contributed by atoms with Gasteiger partial charge in [0.25, 0.3) is 0 Å². The van der Waals surface area contributed by atoms with E-state index < -0.39 is 5.91 Å². The Bertz CT molecular complexity index is 1220. The molecule has 2 amide bonds. The average Bonchev–Trinajstić information content (AvgIpc) is 3.23. The summed E-state index contributed by atoms with van der Waals surface area (Å²) in [7, 11) is 0. The number of furan rings is 1. The van der Waals surface area contributed by atoms with E-state index >= 15 is 0 Å². The van der Waals surface area contributed by atoms with Crippen LogP contribution in [0.2, 0.25) is 15.1 Å². The molecule has 0 spiro atoms. The number of thiocarbonyl (C=S) groups is 1. The minimum atomic E-state index is -0.470. The van der Waals surface area contributed by atoms with Crippen LogP contribution in [0.1, 0.15) is 19.1 Å². The molecule has 3 rings (SSSR count). The van der Waals surface area contributed by atoms with Crippen molar-refractivity contribution in [1.82, 2.24) is 5.32 Å². The normalized spacial score (nSPS) is 10.8. The Morgan fingerprint density at radius 2 is 1.73 bits per heavy atom. The van der Waals surface area contributed by atoms with E-state index in [9.17, 15) is 9.59 Å². The summed E-state index contributed by atoms with van der Waals surface area (Å²) in [6, 6.07) is 13.4. The maximum atomic E-state index is 12.2. The van der Waals surface area contributed by atoms with Crippen LogP contribution in [-0.2, 0) is 9.59 Å². The molecule has 6 nitrogen and oxygen atoms in total. The molecule has 0 fully saturated rings. The molecule has 0 unspecified atom stereocenters. The van der Waals surface area contributed by atoms with Gasteiger partial charge in [-0.25, -0.2) is 0 Å². The van der Waals surface area contributed by atoms with Gasteiger partial charge in [-0.3, -0.25) is 14.9 Å². The van der Waals surface area contributed by atoms with E-state index in [1.807, 2.05) is 0 Å². The van der Waals surface area contributed by atoms with Crippen LogP contribution in [0, 0.1) is 0 Å². The van der Waals surface area contributed by atoms with Crippen molar-refractivity contribution in [2.24, 2.45) is 0 Å². The lowest BCUT2D eigenvalue weighted by atomic mass is 10.2. The summed E-state index contributed by atoms with van der Waals surface area (Å²) >= 11 is 23.4. The topological polar surface area (TPSA) is 83.4 Å². The van der Waals surface area contributed by atoms with Crippen molar-refractivity contribution in [3.63, 3.8) is 0 Å². The summed E-state index contributed by atoms with van der Waals surface area (Å²) in [6.07, 6.45) is 3.12. The Morgan fingerprint density at radius 3 is 2.42 bits per heavy atom. The Hall–Kier alpha value is -2.84. The predicted octanol–water partition coefficient (Wildman–Crippen LogP) is 6.78. The lowest BCUT2D eigenvalue weighted by Gasteiger charge is -2.12. The van der Waals surface area contributed by atoms with E-state index in [0.717, 1.165) is 5.56 Å². The van der Waals surface area contributed by atoms with E-state index in [2.05, 4.69) is 16.0 Å². The van der Waals surface area contributed by atoms with E-state index in [-0.39, 0.29) is 11.0 Å². The van der Waals surface area contributed by atoms with Gasteiger partial charge in [0.05, 0.1) is 10.7 Å². The smallest absolute Gasteiger partial charge is 0.250 e. The zero-order valence-electron chi connectivity index (χ0n) is 17.2. The van der Waals surface area contributed by atoms with Crippen LogP contribution in [0.15, 0.2) is 59.0 Å². The summed E-state index contributed by atoms with van der Waals surface area (Å²) in [5, 5.41) is 9.49. The van der Waals surface area contributed by atoms with Gasteiger partial charge in [0.2, 0.25) is 11.8 Å². The SMILES string of the molecule is CCC(=O)Nc1ccc(Cl)c(NC(=S)NC(=O)/C=C/c2ccc(-c3cc(Cl)cc(Cl)c3)o2)c1. The second kappa shape index (κ2) is 11.3. The summed E-state index contributed by atoms with van der Waals surface area (Å²) in [6.45, 7) is 1.75. The molecule has 0 bridgehead atoms. The van der Waals surface area contributed by atoms with Gasteiger partial charge < -0.3 is 15.1 Å². The van der Waals surface area contributed by atoms with E-state index in [0.29, 0.717) is 44.4 Å². The summed E-state index contributed by atoms with van der Waals surface area (Å²) in [4.78, 5) is 23.8. The first-order valence-corrected chi connectivity index (χ1v) is 11.2. The van der Waals surface area contributed by atoms with Gasteiger partial charge in [-0.2, -0.15) is 0 Å². The quantitative estimate of drug-likeness (QED) is 0.245. The van der Waals surface area contributed by atoms with Crippen LogP contribution in [-0.4, -0.2) is 16.9 Å². The fourth-order valence-electron chi connectivity index (χ4n) is 2.71. The predicted molar refractivity (Wildman–Crippen MR) is 138 cm³/mol. The zero-order chi connectivity index (χ0) is 24.0. The van der Waals surface area contributed by atoms with Gasteiger partial charge in [-0.15, -0.1) is 0 Å². The molecule has 33 heavy (non-hydrogen) atoms. The number of hydrogen-bond donors (Lipinski definition) is 3. The molecule has 2 aromatic carbocycles. The highest BCUT2D eigenvalue weighted by molar-refractivity contribution is 7.80. The van der Waals surface area contributed by atoms with Crippen LogP contribution >= 0.6 is 47.0 Å². The number of rotatable bonds is 6. The molecule has 0 saturated heterocycles. The minimum absolute atomic E-state index is 0.0409. The third-order valence-electron chi connectivity index (χ3n) is 4.23. The number of benzene rings is 2. The van der Waals surface area contributed by atoms with Crippen molar-refractivity contribution in [2.45, 2.75) is 13.3 Å². The first-order valence-electron chi connectivity index (χ1n) is 9.69. The third kappa shape index (κ3) is 7.33. The van der Waals surface area contributed by atoms with E-state index in [4.69, 9.17) is 51.4 Å². The number of hydrogen-bond acceptors (Lipinski definition) is 4. The molecule has 0 radical (unpaired) electrons. The number of carbonyl (C=O) groups excluding carboxylic acids is 2. The molecule has 10 heteroatoms. The number of carbonyl (C=O) groups is 2. The molecule has 1 heterocycles. The van der Waals surface area contributed by atoms with Crippen molar-refractivity contribution >= 4 is 81.4 Å². The second-order valence-corrected chi connectivity index (χ2v) is 8.42. The van der Waals surface area contributed by atoms with Gasteiger partial charge in [0.1, 0.15) is 11.5 Å². The van der Waals surface area contributed by atoms with Crippen LogP contribution in [0.4, 0.5) is 11.4 Å². The molecule has 3 N–H and O–H groups in total. The standard InChI is InChI=1S/C23H18Cl3N3O3S/c1-2-21(30)27-16-3-6-18(26)19(12-16)28-23(33)29-22(31)8-5-17-4-7-20(32-17)13-9-14(24)11-15(25)10-13/h3-12H,2H2,1H3,(H,27,30)(H2,28,29,31,33)/b8-5+. The summed E-state index contributed by atoms with van der Waals surface area (Å²) in [5.41, 5.74) is 1.71. The highest BCUT2D eigenvalue weighted by Gasteiger charge is 2.09. The first kappa shape index (κ1) is 24.8.